The van der Waals surface area contributed by atoms with E-state index in [9.17, 15) is 14.4 Å². The van der Waals surface area contributed by atoms with Crippen LogP contribution in [0.4, 0.5) is 5.00 Å². The fourth-order valence-corrected chi connectivity index (χ4v) is 5.24. The number of amides is 2. The Hall–Kier alpha value is -2.36. The third kappa shape index (κ3) is 5.87. The second kappa shape index (κ2) is 10.8. The van der Waals surface area contributed by atoms with Crippen LogP contribution in [0.3, 0.4) is 0 Å². The molecule has 9 heteroatoms. The Bertz CT molecular complexity index is 988. The predicted octanol–water partition coefficient (Wildman–Crippen LogP) is 3.92. The van der Waals surface area contributed by atoms with E-state index in [1.54, 1.807) is 6.92 Å². The van der Waals surface area contributed by atoms with Crippen LogP contribution in [0.1, 0.15) is 47.8 Å². The second-order valence-corrected chi connectivity index (χ2v) is 9.19. The van der Waals surface area contributed by atoms with Crippen LogP contribution in [-0.4, -0.2) is 43.9 Å². The van der Waals surface area contributed by atoms with Gasteiger partial charge < -0.3 is 20.5 Å². The van der Waals surface area contributed by atoms with E-state index in [0.717, 1.165) is 27.4 Å². The highest BCUT2D eigenvalue weighted by Gasteiger charge is 2.26. The minimum Gasteiger partial charge on any atom is -0.460 e. The van der Waals surface area contributed by atoms with E-state index in [-0.39, 0.29) is 40.3 Å². The highest BCUT2D eigenvalue weighted by atomic mass is 32.2. The maximum absolute atomic E-state index is 12.7. The number of thiophene rings is 1. The second-order valence-electron chi connectivity index (χ2n) is 7.18. The number of benzene rings is 1. The molecule has 0 aliphatic heterocycles. The number of carbonyl (C=O) groups excluding carboxylic acids is 3. The highest BCUT2D eigenvalue weighted by Crippen LogP contribution is 2.35. The lowest BCUT2D eigenvalue weighted by molar-refractivity contribution is -0.113. The van der Waals surface area contributed by atoms with E-state index < -0.39 is 11.9 Å². The molecule has 0 unspecified atom stereocenters. The summed E-state index contributed by atoms with van der Waals surface area (Å²) >= 11 is 2.42. The molecule has 0 bridgehead atoms. The SMILES string of the molecule is COCCOC(=O)c1c(NC(=O)CSc2c(C)c(C)cc(C)c2C)sc(C(N)=O)c1C. The predicted molar refractivity (Wildman–Crippen MR) is 124 cm³/mol. The molecule has 3 N–H and O–H groups in total. The van der Waals surface area contributed by atoms with Gasteiger partial charge in [-0.3, -0.25) is 9.59 Å². The van der Waals surface area contributed by atoms with Crippen molar-refractivity contribution in [1.29, 1.82) is 0 Å². The van der Waals surface area contributed by atoms with Crippen molar-refractivity contribution in [2.45, 2.75) is 39.5 Å². The minimum absolute atomic E-state index is 0.0605. The first-order valence-electron chi connectivity index (χ1n) is 9.67. The van der Waals surface area contributed by atoms with Crippen molar-refractivity contribution >= 4 is 45.9 Å². The number of hydrogen-bond donors (Lipinski definition) is 2. The van der Waals surface area contributed by atoms with Gasteiger partial charge in [0.25, 0.3) is 5.91 Å². The van der Waals surface area contributed by atoms with Crippen LogP contribution in [0.15, 0.2) is 11.0 Å². The van der Waals surface area contributed by atoms with Crippen molar-refractivity contribution in [2.24, 2.45) is 5.73 Å². The Kier molecular flexibility index (Phi) is 8.67. The maximum atomic E-state index is 12.7. The average molecular weight is 465 g/mol. The number of rotatable bonds is 9. The molecule has 0 spiro atoms. The van der Waals surface area contributed by atoms with Crippen molar-refractivity contribution in [3.05, 3.63) is 44.3 Å². The zero-order valence-electron chi connectivity index (χ0n) is 18.6. The average Bonchev–Trinajstić information content (AvgIpc) is 3.02. The molecule has 0 atom stereocenters. The lowest BCUT2D eigenvalue weighted by Crippen LogP contribution is -2.17. The Balaban J connectivity index is 2.22. The topological polar surface area (TPSA) is 108 Å². The molecule has 2 aromatic rings. The fourth-order valence-electron chi connectivity index (χ4n) is 3.07. The monoisotopic (exact) mass is 464 g/mol. The van der Waals surface area contributed by atoms with Gasteiger partial charge in [0.15, 0.2) is 0 Å². The summed E-state index contributed by atoms with van der Waals surface area (Å²) < 4.78 is 10.1. The number of thioether (sulfide) groups is 1. The van der Waals surface area contributed by atoms with Crippen LogP contribution >= 0.6 is 23.1 Å². The molecule has 2 amide bonds. The van der Waals surface area contributed by atoms with E-state index in [0.29, 0.717) is 5.56 Å². The number of nitrogens with two attached hydrogens (primary N) is 1. The van der Waals surface area contributed by atoms with Crippen LogP contribution in [0.2, 0.25) is 0 Å². The lowest BCUT2D eigenvalue weighted by Gasteiger charge is -2.14. The number of hydrogen-bond acceptors (Lipinski definition) is 7. The van der Waals surface area contributed by atoms with Crippen molar-refractivity contribution in [2.75, 3.05) is 31.4 Å². The Morgan fingerprint density at radius 3 is 2.19 bits per heavy atom. The van der Waals surface area contributed by atoms with Gasteiger partial charge in [0.1, 0.15) is 11.6 Å². The normalized spacial score (nSPS) is 10.8. The van der Waals surface area contributed by atoms with Crippen molar-refractivity contribution in [3.63, 3.8) is 0 Å². The van der Waals surface area contributed by atoms with Crippen molar-refractivity contribution < 1.29 is 23.9 Å². The minimum atomic E-state index is -0.662. The summed E-state index contributed by atoms with van der Waals surface area (Å²) in [6.07, 6.45) is 0. The fraction of sp³-hybridized carbons (Fsp3) is 0.409. The molecule has 1 aromatic carbocycles. The molecular formula is C22H28N2O5S2. The molecule has 1 aromatic heterocycles. The van der Waals surface area contributed by atoms with Crippen LogP contribution in [-0.2, 0) is 14.3 Å². The van der Waals surface area contributed by atoms with E-state index in [1.807, 2.05) is 27.7 Å². The van der Waals surface area contributed by atoms with Gasteiger partial charge in [0.2, 0.25) is 5.91 Å². The number of nitrogens with one attached hydrogen (secondary N) is 1. The molecule has 1 heterocycles. The first kappa shape index (κ1) is 24.9. The zero-order chi connectivity index (χ0) is 23.3. The molecule has 0 aliphatic carbocycles. The summed E-state index contributed by atoms with van der Waals surface area (Å²) in [5.74, 6) is -1.43. The van der Waals surface area contributed by atoms with E-state index >= 15 is 0 Å². The quantitative estimate of drug-likeness (QED) is 0.331. The summed E-state index contributed by atoms with van der Waals surface area (Å²) in [5, 5.41) is 3.01. The molecule has 0 radical (unpaired) electrons. The Labute approximate surface area is 190 Å². The Morgan fingerprint density at radius 1 is 1.03 bits per heavy atom. The smallest absolute Gasteiger partial charge is 0.341 e. The third-order valence-electron chi connectivity index (χ3n) is 4.99. The van der Waals surface area contributed by atoms with Gasteiger partial charge in [-0.15, -0.1) is 23.1 Å². The number of esters is 1. The summed E-state index contributed by atoms with van der Waals surface area (Å²) in [4.78, 5) is 38.3. The molecule has 2 rings (SSSR count). The summed E-state index contributed by atoms with van der Waals surface area (Å²) in [6, 6.07) is 2.13. The van der Waals surface area contributed by atoms with E-state index in [4.69, 9.17) is 15.2 Å². The number of anilines is 1. The molecule has 0 aliphatic rings. The van der Waals surface area contributed by atoms with Crippen LogP contribution in [0, 0.1) is 34.6 Å². The van der Waals surface area contributed by atoms with Gasteiger partial charge in [0, 0.05) is 12.0 Å². The zero-order valence-corrected chi connectivity index (χ0v) is 20.3. The first-order valence-corrected chi connectivity index (χ1v) is 11.5. The molecular weight excluding hydrogens is 436 g/mol. The number of aryl methyl sites for hydroxylation is 2. The molecule has 0 saturated heterocycles. The molecule has 31 heavy (non-hydrogen) atoms. The van der Waals surface area contributed by atoms with E-state index in [2.05, 4.69) is 11.4 Å². The molecule has 168 valence electrons. The maximum Gasteiger partial charge on any atom is 0.341 e. The van der Waals surface area contributed by atoms with Crippen molar-refractivity contribution in [1.82, 2.24) is 0 Å². The third-order valence-corrected chi connectivity index (χ3v) is 7.52. The van der Waals surface area contributed by atoms with Gasteiger partial charge >= 0.3 is 5.97 Å². The molecule has 7 nitrogen and oxygen atoms in total. The van der Waals surface area contributed by atoms with Crippen LogP contribution in [0.5, 0.6) is 0 Å². The summed E-state index contributed by atoms with van der Waals surface area (Å²) in [5.41, 5.74) is 10.6. The van der Waals surface area contributed by atoms with Gasteiger partial charge in [-0.1, -0.05) is 6.07 Å². The van der Waals surface area contributed by atoms with Crippen LogP contribution in [0.25, 0.3) is 0 Å². The van der Waals surface area contributed by atoms with Crippen molar-refractivity contribution in [3.8, 4) is 0 Å². The standard InChI is InChI=1S/C22H28N2O5S2/c1-11-9-12(2)14(4)18(13(11)3)30-10-16(25)24-21-17(22(27)29-8-7-28-6)15(5)19(31-21)20(23)26/h9H,7-8,10H2,1-6H3,(H2,23,26)(H,24,25). The molecule has 0 fully saturated rings. The largest absolute Gasteiger partial charge is 0.460 e. The van der Waals surface area contributed by atoms with E-state index in [1.165, 1.54) is 30.0 Å². The van der Waals surface area contributed by atoms with Gasteiger partial charge in [-0.25, -0.2) is 4.79 Å². The van der Waals surface area contributed by atoms with Crippen LogP contribution < -0.4 is 11.1 Å². The summed E-state index contributed by atoms with van der Waals surface area (Å²) in [6.45, 7) is 10.1. The summed E-state index contributed by atoms with van der Waals surface area (Å²) in [7, 11) is 1.50. The number of ether oxygens (including phenoxy) is 2. The number of methoxy groups -OCH3 is 1. The first-order chi connectivity index (χ1) is 14.6. The number of primary amides is 1. The van der Waals surface area contributed by atoms with Gasteiger partial charge in [0.05, 0.1) is 22.8 Å². The van der Waals surface area contributed by atoms with Gasteiger partial charge in [-0.2, -0.15) is 0 Å². The number of carbonyl (C=O) groups is 3. The van der Waals surface area contributed by atoms with Gasteiger partial charge in [-0.05, 0) is 62.4 Å². The Morgan fingerprint density at radius 2 is 1.65 bits per heavy atom. The highest BCUT2D eigenvalue weighted by molar-refractivity contribution is 8.00. The molecule has 0 saturated carbocycles. The lowest BCUT2D eigenvalue weighted by atomic mass is 10.0.